The summed E-state index contributed by atoms with van der Waals surface area (Å²) in [5, 5.41) is 3.65. The van der Waals surface area contributed by atoms with Gasteiger partial charge in [0.25, 0.3) is 5.91 Å². The molecule has 0 aliphatic heterocycles. The van der Waals surface area contributed by atoms with E-state index in [1.807, 2.05) is 0 Å². The van der Waals surface area contributed by atoms with Gasteiger partial charge in [0.1, 0.15) is 6.54 Å². The van der Waals surface area contributed by atoms with Crippen molar-refractivity contribution >= 4 is 38.1 Å². The molecule has 1 heterocycles. The first-order chi connectivity index (χ1) is 20.3. The number of nitrogens with zero attached hydrogens (tertiary/aromatic N) is 2. The minimum atomic E-state index is 0. The van der Waals surface area contributed by atoms with Crippen molar-refractivity contribution < 1.29 is 26.3 Å². The van der Waals surface area contributed by atoms with Crippen molar-refractivity contribution in [1.82, 2.24) is 4.90 Å². The Morgan fingerprint density at radius 2 is 1.44 bits per heavy atom. The summed E-state index contributed by atoms with van der Waals surface area (Å²) in [6, 6.07) is 30.4. The SMILES string of the molecule is CC[N+](CC)(CCCCN(Cc1ccc2ccccc2c1)C(=O)c1sc2ccccc2c1C)Cc1cc(C)cc(C)c1.[Br-]. The molecule has 1 amide bonds. The van der Waals surface area contributed by atoms with E-state index in [0.29, 0.717) is 6.54 Å². The highest BCUT2D eigenvalue weighted by Gasteiger charge is 2.25. The first kappa shape index (κ1) is 32.9. The molecule has 43 heavy (non-hydrogen) atoms. The van der Waals surface area contributed by atoms with E-state index in [0.717, 1.165) is 60.5 Å². The second-order valence-electron chi connectivity index (χ2n) is 12.0. The molecule has 0 radical (unpaired) electrons. The number of quaternary nitrogens is 1. The third-order valence-electron chi connectivity index (χ3n) is 8.96. The number of hydrogen-bond acceptors (Lipinski definition) is 2. The van der Waals surface area contributed by atoms with E-state index in [4.69, 9.17) is 0 Å². The smallest absolute Gasteiger partial charge is 0.264 e. The number of carbonyl (C=O) groups is 1. The van der Waals surface area contributed by atoms with Crippen molar-refractivity contribution in [1.29, 1.82) is 0 Å². The highest BCUT2D eigenvalue weighted by atomic mass is 79.9. The van der Waals surface area contributed by atoms with Crippen LogP contribution in [0.4, 0.5) is 0 Å². The lowest BCUT2D eigenvalue weighted by atomic mass is 10.1. The number of amides is 1. The number of halogens is 1. The number of rotatable bonds is 12. The summed E-state index contributed by atoms with van der Waals surface area (Å²) in [6.07, 6.45) is 2.09. The van der Waals surface area contributed by atoms with Crippen LogP contribution < -0.4 is 17.0 Å². The summed E-state index contributed by atoms with van der Waals surface area (Å²) in [6.45, 7) is 17.0. The normalized spacial score (nSPS) is 11.6. The van der Waals surface area contributed by atoms with E-state index in [9.17, 15) is 4.79 Å². The third-order valence-corrected chi connectivity index (χ3v) is 10.2. The Hall–Kier alpha value is -2.99. The van der Waals surface area contributed by atoms with Crippen molar-refractivity contribution in [3.8, 4) is 0 Å². The molecule has 0 aliphatic rings. The molecule has 226 valence electrons. The summed E-state index contributed by atoms with van der Waals surface area (Å²) in [5.74, 6) is 0.156. The van der Waals surface area contributed by atoms with Gasteiger partial charge in [-0.05, 0) is 86.9 Å². The van der Waals surface area contributed by atoms with Crippen LogP contribution in [0.25, 0.3) is 20.9 Å². The van der Waals surface area contributed by atoms with Gasteiger partial charge in [0.15, 0.2) is 0 Å². The molecule has 3 nitrogen and oxygen atoms in total. The molecule has 0 fully saturated rings. The Kier molecular flexibility index (Phi) is 11.2. The average molecular weight is 658 g/mol. The van der Waals surface area contributed by atoms with Crippen LogP contribution in [-0.2, 0) is 13.1 Å². The van der Waals surface area contributed by atoms with E-state index in [1.54, 1.807) is 11.3 Å². The fourth-order valence-corrected chi connectivity index (χ4v) is 7.65. The first-order valence-electron chi connectivity index (χ1n) is 15.5. The molecule has 0 N–H and O–H groups in total. The van der Waals surface area contributed by atoms with Gasteiger partial charge in [0, 0.05) is 23.4 Å². The lowest BCUT2D eigenvalue weighted by Gasteiger charge is -2.37. The third kappa shape index (κ3) is 7.75. The number of fused-ring (bicyclic) bond motifs is 2. The van der Waals surface area contributed by atoms with Gasteiger partial charge in [-0.2, -0.15) is 0 Å². The van der Waals surface area contributed by atoms with Crippen LogP contribution in [0.3, 0.4) is 0 Å². The Labute approximate surface area is 272 Å². The largest absolute Gasteiger partial charge is 1.00 e. The van der Waals surface area contributed by atoms with Gasteiger partial charge in [-0.1, -0.05) is 83.9 Å². The Bertz CT molecular complexity index is 1670. The van der Waals surface area contributed by atoms with E-state index in [1.165, 1.54) is 43.1 Å². The van der Waals surface area contributed by atoms with Crippen LogP contribution in [0.15, 0.2) is 84.9 Å². The standard InChI is InChI=1S/C38H45N2OS.BrH/c1-6-40(7-2,27-32-23-28(3)22-29(4)24-32)21-13-12-20-39(26-31-18-19-33-14-8-9-15-34(33)25-31)38(41)37-30(5)35-16-10-11-17-36(35)42-37;/h8-11,14-19,22-25H,6-7,12-13,20-21,26-27H2,1-5H3;1H/q+1;/p-1. The number of aryl methyl sites for hydroxylation is 3. The molecule has 0 unspecified atom stereocenters. The zero-order chi connectivity index (χ0) is 29.7. The minimum Gasteiger partial charge on any atom is -1.00 e. The Balaban J connectivity index is 0.00000423. The molecule has 0 atom stereocenters. The number of thiophene rings is 1. The maximum Gasteiger partial charge on any atom is 0.264 e. The molecule has 1 aromatic heterocycles. The minimum absolute atomic E-state index is 0. The summed E-state index contributed by atoms with van der Waals surface area (Å²) in [5.41, 5.74) is 6.40. The maximum atomic E-state index is 14.1. The van der Waals surface area contributed by atoms with E-state index in [2.05, 4.69) is 124 Å². The molecule has 0 aliphatic carbocycles. The lowest BCUT2D eigenvalue weighted by Crippen LogP contribution is -3.00. The van der Waals surface area contributed by atoms with Gasteiger partial charge >= 0.3 is 0 Å². The van der Waals surface area contributed by atoms with E-state index < -0.39 is 0 Å². The fraction of sp³-hybridized carbons (Fsp3) is 0.342. The quantitative estimate of drug-likeness (QED) is 0.111. The van der Waals surface area contributed by atoms with Crippen LogP contribution in [0.2, 0.25) is 0 Å². The maximum absolute atomic E-state index is 14.1. The van der Waals surface area contributed by atoms with Crippen molar-refractivity contribution in [2.75, 3.05) is 26.2 Å². The number of unbranched alkanes of at least 4 members (excludes halogenated alkanes) is 1. The second-order valence-corrected chi connectivity index (χ2v) is 13.1. The van der Waals surface area contributed by atoms with Crippen LogP contribution in [-0.4, -0.2) is 41.5 Å². The van der Waals surface area contributed by atoms with Gasteiger partial charge in [-0.15, -0.1) is 11.3 Å². The Morgan fingerprint density at radius 3 is 2.14 bits per heavy atom. The van der Waals surface area contributed by atoms with Crippen LogP contribution in [0, 0.1) is 20.8 Å². The van der Waals surface area contributed by atoms with Gasteiger partial charge in [0.2, 0.25) is 0 Å². The highest BCUT2D eigenvalue weighted by molar-refractivity contribution is 7.21. The van der Waals surface area contributed by atoms with Gasteiger partial charge in [-0.3, -0.25) is 4.79 Å². The predicted octanol–water partition coefficient (Wildman–Crippen LogP) is 6.46. The predicted molar refractivity (Wildman–Crippen MR) is 180 cm³/mol. The molecule has 0 saturated heterocycles. The van der Waals surface area contributed by atoms with Gasteiger partial charge in [-0.25, -0.2) is 0 Å². The molecule has 0 bridgehead atoms. The van der Waals surface area contributed by atoms with Crippen LogP contribution >= 0.6 is 11.3 Å². The molecule has 5 rings (SSSR count). The first-order valence-corrected chi connectivity index (χ1v) is 16.3. The molecule has 5 heteroatoms. The molecule has 0 saturated carbocycles. The fourth-order valence-electron chi connectivity index (χ4n) is 6.47. The van der Waals surface area contributed by atoms with Crippen molar-refractivity contribution in [3.63, 3.8) is 0 Å². The average Bonchev–Trinajstić information content (AvgIpc) is 3.33. The summed E-state index contributed by atoms with van der Waals surface area (Å²) < 4.78 is 2.26. The molecule has 5 aromatic rings. The van der Waals surface area contributed by atoms with Gasteiger partial charge < -0.3 is 26.4 Å². The van der Waals surface area contributed by atoms with Crippen molar-refractivity contribution in [2.45, 2.75) is 60.5 Å². The summed E-state index contributed by atoms with van der Waals surface area (Å²) in [7, 11) is 0. The van der Waals surface area contributed by atoms with E-state index in [-0.39, 0.29) is 22.9 Å². The zero-order valence-corrected chi connectivity index (χ0v) is 28.7. The Morgan fingerprint density at radius 1 is 0.767 bits per heavy atom. The highest BCUT2D eigenvalue weighted by Crippen LogP contribution is 2.32. The summed E-state index contributed by atoms with van der Waals surface area (Å²) in [4.78, 5) is 17.1. The molecular formula is C38H45BrN2OS. The topological polar surface area (TPSA) is 20.3 Å². The summed E-state index contributed by atoms with van der Waals surface area (Å²) >= 11 is 1.63. The van der Waals surface area contributed by atoms with Crippen LogP contribution in [0.5, 0.6) is 0 Å². The molecule has 0 spiro atoms. The van der Waals surface area contributed by atoms with E-state index >= 15 is 0 Å². The number of hydrogen-bond donors (Lipinski definition) is 0. The van der Waals surface area contributed by atoms with Gasteiger partial charge in [0.05, 0.1) is 24.5 Å². The zero-order valence-electron chi connectivity index (χ0n) is 26.3. The van der Waals surface area contributed by atoms with Crippen molar-refractivity contribution in [3.05, 3.63) is 118 Å². The van der Waals surface area contributed by atoms with Crippen LogP contribution in [0.1, 0.15) is 64.2 Å². The molecular weight excluding hydrogens is 612 g/mol. The number of carbonyl (C=O) groups excluding carboxylic acids is 1. The number of benzene rings is 4. The second kappa shape index (κ2) is 14.7. The molecule has 4 aromatic carbocycles. The monoisotopic (exact) mass is 656 g/mol. The lowest BCUT2D eigenvalue weighted by molar-refractivity contribution is -0.938. The van der Waals surface area contributed by atoms with Crippen molar-refractivity contribution in [2.24, 2.45) is 0 Å².